The summed E-state index contributed by atoms with van der Waals surface area (Å²) in [7, 11) is 1.83. The number of likely N-dealkylation sites (N-methyl/N-ethyl adjacent to an activating group) is 1. The average Bonchev–Trinajstić information content (AvgIpc) is 3.08. The zero-order chi connectivity index (χ0) is 34.7. The summed E-state index contributed by atoms with van der Waals surface area (Å²) in [5.41, 5.74) is 4.22. The smallest absolute Gasteiger partial charge is 0.253 e. The Morgan fingerprint density at radius 2 is 1.59 bits per heavy atom. The van der Waals surface area contributed by atoms with Gasteiger partial charge in [0.25, 0.3) is 5.91 Å². The van der Waals surface area contributed by atoms with Crippen molar-refractivity contribution in [3.8, 4) is 5.75 Å². The number of anilines is 3. The Hall–Kier alpha value is -4.90. The third-order valence-corrected chi connectivity index (χ3v) is 9.95. The molecule has 0 radical (unpaired) electrons. The summed E-state index contributed by atoms with van der Waals surface area (Å²) in [5, 5.41) is 6.61. The number of ether oxygens (including phenoxy) is 1. The van der Waals surface area contributed by atoms with Crippen LogP contribution in [0.2, 0.25) is 0 Å². The van der Waals surface area contributed by atoms with Crippen LogP contribution in [0.4, 0.5) is 17.1 Å². The van der Waals surface area contributed by atoms with Crippen molar-refractivity contribution >= 4 is 40.7 Å². The lowest BCUT2D eigenvalue weighted by atomic mass is 9.91. The molecule has 3 aliphatic heterocycles. The average molecular weight is 667 g/mol. The van der Waals surface area contributed by atoms with Crippen molar-refractivity contribution in [1.82, 2.24) is 14.7 Å². The van der Waals surface area contributed by atoms with Crippen LogP contribution in [0.5, 0.6) is 5.75 Å². The van der Waals surface area contributed by atoms with E-state index in [-0.39, 0.29) is 47.7 Å². The Morgan fingerprint density at radius 3 is 2.31 bits per heavy atom. The molecule has 3 aromatic rings. The Balaban J connectivity index is 0.949. The number of rotatable bonds is 10. The van der Waals surface area contributed by atoms with E-state index < -0.39 is 0 Å². The van der Waals surface area contributed by atoms with Gasteiger partial charge in [-0.25, -0.2) is 0 Å². The molecule has 49 heavy (non-hydrogen) atoms. The Labute approximate surface area is 288 Å². The number of carbonyl (C=O) groups excluding carboxylic acids is 4. The molecule has 0 aliphatic carbocycles. The van der Waals surface area contributed by atoms with Gasteiger partial charge in [0.05, 0.1) is 18.0 Å². The maximum atomic E-state index is 13.0. The molecule has 3 heterocycles. The number of piperazine rings is 1. The minimum atomic E-state index is -0.276. The first-order chi connectivity index (χ1) is 23.6. The molecule has 3 aliphatic rings. The minimum absolute atomic E-state index is 0.0546. The number of likely N-dealkylation sites (tertiary alicyclic amines) is 1. The van der Waals surface area contributed by atoms with Gasteiger partial charge >= 0.3 is 0 Å². The van der Waals surface area contributed by atoms with Crippen molar-refractivity contribution in [3.63, 3.8) is 0 Å². The molecule has 11 nitrogen and oxygen atoms in total. The molecule has 0 saturated carbocycles. The van der Waals surface area contributed by atoms with Gasteiger partial charge in [-0.15, -0.1) is 0 Å². The van der Waals surface area contributed by atoms with Crippen LogP contribution in [-0.4, -0.2) is 96.8 Å². The van der Waals surface area contributed by atoms with E-state index >= 15 is 0 Å². The highest BCUT2D eigenvalue weighted by Crippen LogP contribution is 2.39. The van der Waals surface area contributed by atoms with Gasteiger partial charge in [0.1, 0.15) is 12.4 Å². The number of nitrogens with zero attached hydrogens (tertiary/aromatic N) is 4. The molecule has 6 rings (SSSR count). The van der Waals surface area contributed by atoms with Gasteiger partial charge in [-0.05, 0) is 80.4 Å². The van der Waals surface area contributed by atoms with E-state index in [1.54, 1.807) is 34.1 Å². The molecule has 2 saturated heterocycles. The molecule has 3 atom stereocenters. The quantitative estimate of drug-likeness (QED) is 0.325. The predicted molar refractivity (Wildman–Crippen MR) is 190 cm³/mol. The van der Waals surface area contributed by atoms with Crippen molar-refractivity contribution in [2.24, 2.45) is 5.92 Å². The fraction of sp³-hybridized carbons (Fsp3) is 0.421. The highest BCUT2D eigenvalue weighted by Gasteiger charge is 2.36. The minimum Gasteiger partial charge on any atom is -0.492 e. The summed E-state index contributed by atoms with van der Waals surface area (Å²) in [5.74, 6) is 0.416. The number of hydrogen-bond donors (Lipinski definition) is 2. The normalized spacial score (nSPS) is 21.1. The first-order valence-electron chi connectivity index (χ1n) is 17.2. The van der Waals surface area contributed by atoms with Crippen LogP contribution in [0.15, 0.2) is 72.8 Å². The second-order valence-corrected chi connectivity index (χ2v) is 13.3. The molecule has 1 unspecified atom stereocenters. The molecule has 3 aromatic carbocycles. The molecular weight excluding hydrogens is 620 g/mol. The van der Waals surface area contributed by atoms with Gasteiger partial charge in [0.15, 0.2) is 0 Å². The van der Waals surface area contributed by atoms with E-state index in [1.807, 2.05) is 68.3 Å². The van der Waals surface area contributed by atoms with Crippen molar-refractivity contribution in [2.75, 3.05) is 61.9 Å². The molecular formula is C38H46N6O5. The molecule has 0 spiro atoms. The Morgan fingerprint density at radius 1 is 0.898 bits per heavy atom. The number of fused-ring (bicyclic) bond motifs is 1. The monoisotopic (exact) mass is 666 g/mol. The predicted octanol–water partition coefficient (Wildman–Crippen LogP) is 4.63. The van der Waals surface area contributed by atoms with Crippen LogP contribution in [0, 0.1) is 5.92 Å². The van der Waals surface area contributed by atoms with Gasteiger partial charge in [0.2, 0.25) is 17.7 Å². The lowest BCUT2D eigenvalue weighted by Gasteiger charge is -2.40. The van der Waals surface area contributed by atoms with E-state index in [9.17, 15) is 19.2 Å². The van der Waals surface area contributed by atoms with E-state index in [0.29, 0.717) is 56.2 Å². The van der Waals surface area contributed by atoms with Gasteiger partial charge in [-0.3, -0.25) is 24.1 Å². The SMILES string of the molecule is CCC(=O)N1c2ccccc2[C@H](Nc2ccc(NC(=O)C3CN(C(=O)c4ccc(OCCN5CCN(C)C(=O)C5C)cc4)C3)cc2)C[C@@H]1C. The molecule has 11 heteroatoms. The zero-order valence-electron chi connectivity index (χ0n) is 28.7. The van der Waals surface area contributed by atoms with Crippen LogP contribution >= 0.6 is 0 Å². The maximum Gasteiger partial charge on any atom is 0.253 e. The van der Waals surface area contributed by atoms with Crippen molar-refractivity contribution in [3.05, 3.63) is 83.9 Å². The van der Waals surface area contributed by atoms with E-state index in [1.165, 1.54) is 0 Å². The zero-order valence-corrected chi connectivity index (χ0v) is 28.7. The highest BCUT2D eigenvalue weighted by atomic mass is 16.5. The van der Waals surface area contributed by atoms with Gasteiger partial charge in [-0.2, -0.15) is 0 Å². The van der Waals surface area contributed by atoms with E-state index in [0.717, 1.165) is 29.9 Å². The van der Waals surface area contributed by atoms with Crippen LogP contribution in [0.3, 0.4) is 0 Å². The maximum absolute atomic E-state index is 13.0. The van der Waals surface area contributed by atoms with Gasteiger partial charge in [0, 0.05) is 74.9 Å². The first-order valence-corrected chi connectivity index (χ1v) is 17.2. The van der Waals surface area contributed by atoms with Crippen LogP contribution < -0.4 is 20.3 Å². The summed E-state index contributed by atoms with van der Waals surface area (Å²) in [4.78, 5) is 58.3. The van der Waals surface area contributed by atoms with Gasteiger partial charge < -0.3 is 30.1 Å². The largest absolute Gasteiger partial charge is 0.492 e. The van der Waals surface area contributed by atoms with Crippen LogP contribution in [-0.2, 0) is 14.4 Å². The third-order valence-electron chi connectivity index (χ3n) is 9.95. The van der Waals surface area contributed by atoms with E-state index in [2.05, 4.69) is 28.5 Å². The fourth-order valence-corrected chi connectivity index (χ4v) is 6.93. The summed E-state index contributed by atoms with van der Waals surface area (Å²) in [6, 6.07) is 22.7. The second-order valence-electron chi connectivity index (χ2n) is 13.3. The van der Waals surface area contributed by atoms with E-state index in [4.69, 9.17) is 4.74 Å². The first kappa shape index (κ1) is 34.0. The Bertz CT molecular complexity index is 1670. The standard InChI is InChI=1S/C38H46N6O5/c1-5-35(45)44-25(2)22-33(32-8-6-7-9-34(32)44)39-29-12-14-30(15-13-29)40-36(46)28-23-43(24-28)38(48)27-10-16-31(17-11-27)49-21-20-42-19-18-41(4)37(47)26(42)3/h6-17,25-26,28,33,39H,5,18-24H2,1-4H3,(H,40,46)/t25-,26?,33+/m0/s1. The lowest BCUT2D eigenvalue weighted by Crippen LogP contribution is -2.55. The topological polar surface area (TPSA) is 115 Å². The number of amides is 4. The lowest BCUT2D eigenvalue weighted by molar-refractivity contribution is -0.139. The van der Waals surface area contributed by atoms with Crippen molar-refractivity contribution in [1.29, 1.82) is 0 Å². The van der Waals surface area contributed by atoms with Crippen molar-refractivity contribution < 1.29 is 23.9 Å². The molecule has 0 bridgehead atoms. The summed E-state index contributed by atoms with van der Waals surface area (Å²) < 4.78 is 5.88. The van der Waals surface area contributed by atoms with Crippen molar-refractivity contribution in [2.45, 2.75) is 51.7 Å². The van der Waals surface area contributed by atoms with Crippen LogP contribution in [0.25, 0.3) is 0 Å². The number of nitrogens with one attached hydrogen (secondary N) is 2. The number of carbonyl (C=O) groups is 4. The van der Waals surface area contributed by atoms with Crippen LogP contribution in [0.1, 0.15) is 55.6 Å². The highest BCUT2D eigenvalue weighted by molar-refractivity contribution is 5.99. The molecule has 258 valence electrons. The molecule has 0 aromatic heterocycles. The third kappa shape index (κ3) is 7.41. The molecule has 2 fully saturated rings. The summed E-state index contributed by atoms with van der Waals surface area (Å²) >= 11 is 0. The number of benzene rings is 3. The molecule has 4 amide bonds. The Kier molecular flexibility index (Phi) is 10.2. The summed E-state index contributed by atoms with van der Waals surface area (Å²) in [6.07, 6.45) is 1.25. The number of hydrogen-bond acceptors (Lipinski definition) is 7. The van der Waals surface area contributed by atoms with Gasteiger partial charge in [-0.1, -0.05) is 25.1 Å². The molecule has 2 N–H and O–H groups in total. The fourth-order valence-electron chi connectivity index (χ4n) is 6.93. The second kappa shape index (κ2) is 14.7. The summed E-state index contributed by atoms with van der Waals surface area (Å²) in [6.45, 7) is 9.25. The number of para-hydroxylation sites is 1.